The lowest BCUT2D eigenvalue weighted by Gasteiger charge is -2.04. The maximum atomic E-state index is 10.9. The number of carboxylic acids is 1. The van der Waals surface area contributed by atoms with Crippen molar-refractivity contribution in [2.75, 3.05) is 0 Å². The van der Waals surface area contributed by atoms with Crippen LogP contribution in [0.5, 0.6) is 5.75 Å². The number of carboxylic acid groups (broad SMARTS) is 1. The van der Waals surface area contributed by atoms with Crippen LogP contribution in [0.2, 0.25) is 0 Å². The highest BCUT2D eigenvalue weighted by molar-refractivity contribution is 9.10. The van der Waals surface area contributed by atoms with Crippen molar-refractivity contribution in [3.63, 3.8) is 0 Å². The second kappa shape index (κ2) is 4.58. The molecule has 0 atom stereocenters. The van der Waals surface area contributed by atoms with Crippen molar-refractivity contribution in [2.45, 2.75) is 6.54 Å². The van der Waals surface area contributed by atoms with E-state index in [4.69, 9.17) is 5.11 Å². The maximum Gasteiger partial charge on any atom is 0.358 e. The molecule has 6 heteroatoms. The predicted octanol–water partition coefficient (Wildman–Crippen LogP) is 2.10. The number of carbonyl (C=O) groups is 1. The van der Waals surface area contributed by atoms with Crippen molar-refractivity contribution >= 4 is 21.9 Å². The average Bonchev–Trinajstić information content (AvgIpc) is 2.63. The number of hydrogen-bond donors (Lipinski definition) is 2. The first-order chi connectivity index (χ1) is 8.08. The lowest BCUT2D eigenvalue weighted by molar-refractivity contribution is 0.0680. The van der Waals surface area contributed by atoms with E-state index in [2.05, 4.69) is 21.0 Å². The van der Waals surface area contributed by atoms with Crippen LogP contribution in [-0.4, -0.2) is 26.0 Å². The molecule has 1 heterocycles. The van der Waals surface area contributed by atoms with Crippen LogP contribution >= 0.6 is 15.9 Å². The van der Waals surface area contributed by atoms with Crippen LogP contribution in [0.4, 0.5) is 0 Å². The van der Waals surface area contributed by atoms with Crippen molar-refractivity contribution in [1.82, 2.24) is 9.78 Å². The Morgan fingerprint density at radius 2 is 2.00 bits per heavy atom. The molecule has 1 aromatic carbocycles. The van der Waals surface area contributed by atoms with Crippen molar-refractivity contribution in [3.8, 4) is 5.75 Å². The summed E-state index contributed by atoms with van der Waals surface area (Å²) >= 11 is 3.32. The van der Waals surface area contributed by atoms with Gasteiger partial charge in [-0.2, -0.15) is 5.10 Å². The predicted molar refractivity (Wildman–Crippen MR) is 64.1 cm³/mol. The molecule has 2 rings (SSSR count). The SMILES string of the molecule is O=C(O)c1c(O)cnn1Cc1ccc(Br)cc1. The van der Waals surface area contributed by atoms with Crippen molar-refractivity contribution < 1.29 is 15.0 Å². The first-order valence-corrected chi connectivity index (χ1v) is 5.59. The zero-order chi connectivity index (χ0) is 12.4. The molecule has 0 saturated carbocycles. The number of aromatic nitrogens is 2. The molecule has 0 aliphatic rings. The van der Waals surface area contributed by atoms with E-state index in [0.717, 1.165) is 16.2 Å². The van der Waals surface area contributed by atoms with Crippen LogP contribution in [0, 0.1) is 0 Å². The Hall–Kier alpha value is -1.82. The van der Waals surface area contributed by atoms with Gasteiger partial charge < -0.3 is 10.2 Å². The van der Waals surface area contributed by atoms with Crippen LogP contribution in [0.3, 0.4) is 0 Å². The van der Waals surface area contributed by atoms with Gasteiger partial charge in [0.15, 0.2) is 11.4 Å². The van der Waals surface area contributed by atoms with Gasteiger partial charge in [0.1, 0.15) is 0 Å². The highest BCUT2D eigenvalue weighted by Crippen LogP contribution is 2.18. The minimum atomic E-state index is -1.20. The minimum Gasteiger partial charge on any atom is -0.504 e. The van der Waals surface area contributed by atoms with Crippen LogP contribution in [0.15, 0.2) is 34.9 Å². The van der Waals surface area contributed by atoms with Crippen molar-refractivity contribution in [3.05, 3.63) is 46.2 Å². The first-order valence-electron chi connectivity index (χ1n) is 4.80. The number of aromatic hydroxyl groups is 1. The number of nitrogens with zero attached hydrogens (tertiary/aromatic N) is 2. The molecule has 17 heavy (non-hydrogen) atoms. The van der Waals surface area contributed by atoms with Gasteiger partial charge in [0, 0.05) is 4.47 Å². The van der Waals surface area contributed by atoms with Gasteiger partial charge in [-0.25, -0.2) is 4.79 Å². The van der Waals surface area contributed by atoms with E-state index in [1.807, 2.05) is 24.3 Å². The molecule has 0 aliphatic carbocycles. The van der Waals surface area contributed by atoms with Gasteiger partial charge in [-0.1, -0.05) is 28.1 Å². The Kier molecular flexibility index (Phi) is 3.14. The minimum absolute atomic E-state index is 0.201. The smallest absolute Gasteiger partial charge is 0.358 e. The lowest BCUT2D eigenvalue weighted by atomic mass is 10.2. The summed E-state index contributed by atoms with van der Waals surface area (Å²) in [5, 5.41) is 22.1. The van der Waals surface area contributed by atoms with Crippen LogP contribution in [0.1, 0.15) is 16.1 Å². The molecule has 5 nitrogen and oxygen atoms in total. The van der Waals surface area contributed by atoms with Gasteiger partial charge >= 0.3 is 5.97 Å². The second-order valence-electron chi connectivity index (χ2n) is 3.47. The molecule has 0 saturated heterocycles. The van der Waals surface area contributed by atoms with Gasteiger partial charge in [0.05, 0.1) is 12.7 Å². The number of halogens is 1. The quantitative estimate of drug-likeness (QED) is 0.909. The normalized spacial score (nSPS) is 10.4. The molecule has 88 valence electrons. The fraction of sp³-hybridized carbons (Fsp3) is 0.0909. The summed E-state index contributed by atoms with van der Waals surface area (Å²) < 4.78 is 2.20. The zero-order valence-electron chi connectivity index (χ0n) is 8.67. The van der Waals surface area contributed by atoms with E-state index in [1.54, 1.807) is 0 Å². The Balaban J connectivity index is 2.30. The molecule has 0 spiro atoms. The highest BCUT2D eigenvalue weighted by atomic mass is 79.9. The van der Waals surface area contributed by atoms with Gasteiger partial charge in [-0.15, -0.1) is 0 Å². The summed E-state index contributed by atoms with van der Waals surface area (Å²) in [6.07, 6.45) is 1.13. The summed E-state index contributed by atoms with van der Waals surface area (Å²) in [6.45, 7) is 0.301. The molecular formula is C11H9BrN2O3. The van der Waals surface area contributed by atoms with Crippen LogP contribution in [-0.2, 0) is 6.54 Å². The summed E-state index contributed by atoms with van der Waals surface area (Å²) in [5.74, 6) is -1.52. The largest absolute Gasteiger partial charge is 0.504 e. The van der Waals surface area contributed by atoms with E-state index >= 15 is 0 Å². The van der Waals surface area contributed by atoms with Crippen LogP contribution in [0.25, 0.3) is 0 Å². The fourth-order valence-electron chi connectivity index (χ4n) is 1.48. The molecule has 0 bridgehead atoms. The third-order valence-corrected chi connectivity index (χ3v) is 2.80. The molecule has 0 radical (unpaired) electrons. The molecule has 0 unspecified atom stereocenters. The van der Waals surface area contributed by atoms with Gasteiger partial charge in [0.25, 0.3) is 0 Å². The topological polar surface area (TPSA) is 75.3 Å². The van der Waals surface area contributed by atoms with E-state index in [-0.39, 0.29) is 11.4 Å². The monoisotopic (exact) mass is 296 g/mol. The molecule has 0 aliphatic heterocycles. The number of rotatable bonds is 3. The van der Waals surface area contributed by atoms with Crippen LogP contribution < -0.4 is 0 Å². The van der Waals surface area contributed by atoms with Gasteiger partial charge in [-0.05, 0) is 17.7 Å². The van der Waals surface area contributed by atoms with E-state index in [0.29, 0.717) is 6.54 Å². The van der Waals surface area contributed by atoms with Gasteiger partial charge in [-0.3, -0.25) is 4.68 Å². The summed E-state index contributed by atoms with van der Waals surface area (Å²) in [7, 11) is 0. The van der Waals surface area contributed by atoms with E-state index in [9.17, 15) is 9.90 Å². The Morgan fingerprint density at radius 3 is 2.59 bits per heavy atom. The number of hydrogen-bond acceptors (Lipinski definition) is 3. The highest BCUT2D eigenvalue weighted by Gasteiger charge is 2.17. The molecule has 2 N–H and O–H groups in total. The van der Waals surface area contributed by atoms with E-state index in [1.165, 1.54) is 4.68 Å². The zero-order valence-corrected chi connectivity index (χ0v) is 10.3. The summed E-state index contributed by atoms with van der Waals surface area (Å²) in [4.78, 5) is 10.9. The molecule has 1 aromatic heterocycles. The van der Waals surface area contributed by atoms with Crippen molar-refractivity contribution in [2.24, 2.45) is 0 Å². The summed E-state index contributed by atoms with van der Waals surface area (Å²) in [5.41, 5.74) is 0.701. The number of benzene rings is 1. The number of aromatic carboxylic acids is 1. The lowest BCUT2D eigenvalue weighted by Crippen LogP contribution is -2.10. The second-order valence-corrected chi connectivity index (χ2v) is 4.38. The van der Waals surface area contributed by atoms with E-state index < -0.39 is 5.97 Å². The Labute approximate surface area is 105 Å². The fourth-order valence-corrected chi connectivity index (χ4v) is 1.74. The van der Waals surface area contributed by atoms with Crippen molar-refractivity contribution in [1.29, 1.82) is 0 Å². The molecule has 2 aromatic rings. The maximum absolute atomic E-state index is 10.9. The first kappa shape index (κ1) is 11.7. The molecular weight excluding hydrogens is 288 g/mol. The molecule has 0 fully saturated rings. The third kappa shape index (κ3) is 2.47. The molecule has 0 amide bonds. The standard InChI is InChI=1S/C11H9BrN2O3/c12-8-3-1-7(2-4-8)6-14-10(11(16)17)9(15)5-13-14/h1-5,15H,6H2,(H,16,17). The third-order valence-electron chi connectivity index (χ3n) is 2.27. The van der Waals surface area contributed by atoms with Gasteiger partial charge in [0.2, 0.25) is 0 Å². The Morgan fingerprint density at radius 1 is 1.35 bits per heavy atom. The average molecular weight is 297 g/mol. The summed E-state index contributed by atoms with van der Waals surface area (Å²) in [6, 6.07) is 7.43. The Bertz CT molecular complexity index is 548.